The van der Waals surface area contributed by atoms with Gasteiger partial charge in [0.2, 0.25) is 0 Å². The van der Waals surface area contributed by atoms with Crippen LogP contribution in [-0.2, 0) is 6.54 Å². The summed E-state index contributed by atoms with van der Waals surface area (Å²) in [5.41, 5.74) is 1.88. The molecular weight excluding hydrogens is 304 g/mol. The molecule has 0 saturated carbocycles. The van der Waals surface area contributed by atoms with E-state index in [2.05, 4.69) is 36.2 Å². The first-order valence-electron chi connectivity index (χ1n) is 5.87. The number of nitrogens with one attached hydrogen (secondary N) is 1. The molecule has 0 spiro atoms. The lowest BCUT2D eigenvalue weighted by Crippen LogP contribution is -2.03. The molecule has 19 heavy (non-hydrogen) atoms. The normalized spacial score (nSPS) is 10.6. The Morgan fingerprint density at radius 2 is 1.95 bits per heavy atom. The Balaban J connectivity index is 1.91. The largest absolute Gasteiger partial charge is 0.364 e. The van der Waals surface area contributed by atoms with Crippen molar-refractivity contribution in [3.8, 4) is 0 Å². The highest BCUT2D eigenvalue weighted by atomic mass is 79.9. The third-order valence-electron chi connectivity index (χ3n) is 2.78. The van der Waals surface area contributed by atoms with Crippen molar-refractivity contribution < 1.29 is 0 Å². The van der Waals surface area contributed by atoms with Crippen molar-refractivity contribution >= 4 is 32.7 Å². The molecule has 0 atom stereocenters. The van der Waals surface area contributed by atoms with Crippen LogP contribution in [-0.4, -0.2) is 15.0 Å². The van der Waals surface area contributed by atoms with Crippen molar-refractivity contribution in [2.24, 2.45) is 0 Å². The highest BCUT2D eigenvalue weighted by molar-refractivity contribution is 9.10. The van der Waals surface area contributed by atoms with Crippen LogP contribution in [0.3, 0.4) is 0 Å². The zero-order valence-electron chi connectivity index (χ0n) is 10.0. The fourth-order valence-electron chi connectivity index (χ4n) is 1.87. The van der Waals surface area contributed by atoms with Gasteiger partial charge in [-0.25, -0.2) is 9.97 Å². The van der Waals surface area contributed by atoms with Crippen LogP contribution in [0.2, 0.25) is 0 Å². The average molecular weight is 315 g/mol. The van der Waals surface area contributed by atoms with E-state index in [0.717, 1.165) is 26.9 Å². The van der Waals surface area contributed by atoms with Gasteiger partial charge in [-0.3, -0.25) is 4.98 Å². The van der Waals surface area contributed by atoms with Crippen molar-refractivity contribution in [1.82, 2.24) is 15.0 Å². The molecule has 94 valence electrons. The van der Waals surface area contributed by atoms with Crippen molar-refractivity contribution in [1.29, 1.82) is 0 Å². The number of halogens is 1. The second kappa shape index (κ2) is 5.32. The minimum absolute atomic E-state index is 0.638. The summed E-state index contributed by atoms with van der Waals surface area (Å²) in [6.45, 7) is 0.638. The van der Waals surface area contributed by atoms with E-state index >= 15 is 0 Å². The van der Waals surface area contributed by atoms with Gasteiger partial charge in [-0.05, 0) is 40.2 Å². The molecule has 0 bridgehead atoms. The van der Waals surface area contributed by atoms with E-state index in [4.69, 9.17) is 0 Å². The van der Waals surface area contributed by atoms with Crippen LogP contribution in [0.4, 0.5) is 5.82 Å². The number of aromatic nitrogens is 3. The molecule has 4 nitrogen and oxygen atoms in total. The number of fused-ring (bicyclic) bond motifs is 1. The number of para-hydroxylation sites is 1. The fraction of sp³-hybridized carbons (Fsp3) is 0.0714. The molecule has 0 aliphatic rings. The Labute approximate surface area is 119 Å². The SMILES string of the molecule is Brc1cccc2c(NCc3ccccn3)ncnc12. The van der Waals surface area contributed by atoms with Gasteiger partial charge in [0.15, 0.2) is 0 Å². The first-order chi connectivity index (χ1) is 9.34. The van der Waals surface area contributed by atoms with Gasteiger partial charge in [0.05, 0.1) is 17.8 Å². The standard InChI is InChI=1S/C14H11BrN4/c15-12-6-3-5-11-13(12)18-9-19-14(11)17-8-10-4-1-2-7-16-10/h1-7,9H,8H2,(H,17,18,19). The summed E-state index contributed by atoms with van der Waals surface area (Å²) in [7, 11) is 0. The lowest BCUT2D eigenvalue weighted by atomic mass is 10.2. The Bertz CT molecular complexity index is 700. The number of pyridine rings is 1. The number of hydrogen-bond acceptors (Lipinski definition) is 4. The summed E-state index contributed by atoms with van der Waals surface area (Å²) in [5.74, 6) is 0.817. The third kappa shape index (κ3) is 2.56. The van der Waals surface area contributed by atoms with Gasteiger partial charge in [-0.15, -0.1) is 0 Å². The number of anilines is 1. The Kier molecular flexibility index (Phi) is 3.37. The summed E-state index contributed by atoms with van der Waals surface area (Å²) in [6.07, 6.45) is 3.35. The number of benzene rings is 1. The smallest absolute Gasteiger partial charge is 0.137 e. The van der Waals surface area contributed by atoms with E-state index in [-0.39, 0.29) is 0 Å². The summed E-state index contributed by atoms with van der Waals surface area (Å²) in [4.78, 5) is 12.9. The molecule has 3 aromatic rings. The van der Waals surface area contributed by atoms with Crippen molar-refractivity contribution in [2.75, 3.05) is 5.32 Å². The van der Waals surface area contributed by atoms with Gasteiger partial charge < -0.3 is 5.32 Å². The minimum Gasteiger partial charge on any atom is -0.364 e. The molecule has 0 radical (unpaired) electrons. The van der Waals surface area contributed by atoms with E-state index in [1.807, 2.05) is 36.4 Å². The minimum atomic E-state index is 0.638. The van der Waals surface area contributed by atoms with E-state index in [1.54, 1.807) is 12.5 Å². The quantitative estimate of drug-likeness (QED) is 0.805. The fourth-order valence-corrected chi connectivity index (χ4v) is 2.34. The lowest BCUT2D eigenvalue weighted by Gasteiger charge is -2.08. The Morgan fingerprint density at radius 1 is 1.00 bits per heavy atom. The van der Waals surface area contributed by atoms with E-state index in [9.17, 15) is 0 Å². The molecule has 2 aromatic heterocycles. The average Bonchev–Trinajstić information content (AvgIpc) is 2.47. The molecule has 0 aliphatic carbocycles. The maximum atomic E-state index is 4.29. The Hall–Kier alpha value is -2.01. The molecule has 0 saturated heterocycles. The molecule has 3 rings (SSSR count). The van der Waals surface area contributed by atoms with Gasteiger partial charge in [-0.2, -0.15) is 0 Å². The summed E-state index contributed by atoms with van der Waals surface area (Å²) in [5, 5.41) is 4.29. The highest BCUT2D eigenvalue weighted by Gasteiger charge is 2.05. The molecule has 2 heterocycles. The van der Waals surface area contributed by atoms with Crippen molar-refractivity contribution in [3.05, 3.63) is 59.1 Å². The predicted molar refractivity (Wildman–Crippen MR) is 78.8 cm³/mol. The van der Waals surface area contributed by atoms with E-state index in [0.29, 0.717) is 6.54 Å². The molecule has 0 aliphatic heterocycles. The van der Waals surface area contributed by atoms with Crippen LogP contribution in [0.5, 0.6) is 0 Å². The first-order valence-corrected chi connectivity index (χ1v) is 6.67. The van der Waals surface area contributed by atoms with Gasteiger partial charge in [0, 0.05) is 16.1 Å². The van der Waals surface area contributed by atoms with E-state index in [1.165, 1.54) is 0 Å². The maximum Gasteiger partial charge on any atom is 0.137 e. The van der Waals surface area contributed by atoms with Crippen LogP contribution in [0.1, 0.15) is 5.69 Å². The zero-order valence-corrected chi connectivity index (χ0v) is 11.6. The van der Waals surface area contributed by atoms with Crippen LogP contribution in [0, 0.1) is 0 Å². The second-order valence-corrected chi connectivity index (χ2v) is 4.89. The topological polar surface area (TPSA) is 50.7 Å². The summed E-state index contributed by atoms with van der Waals surface area (Å²) >= 11 is 3.50. The molecular formula is C14H11BrN4. The molecule has 1 aromatic carbocycles. The van der Waals surface area contributed by atoms with Crippen LogP contribution in [0.15, 0.2) is 53.4 Å². The Morgan fingerprint density at radius 3 is 2.79 bits per heavy atom. The van der Waals surface area contributed by atoms with Crippen LogP contribution < -0.4 is 5.32 Å². The van der Waals surface area contributed by atoms with Crippen molar-refractivity contribution in [3.63, 3.8) is 0 Å². The van der Waals surface area contributed by atoms with Gasteiger partial charge >= 0.3 is 0 Å². The first kappa shape index (κ1) is 12.0. The maximum absolute atomic E-state index is 4.29. The van der Waals surface area contributed by atoms with Gasteiger partial charge in [-0.1, -0.05) is 12.1 Å². The number of rotatable bonds is 3. The second-order valence-electron chi connectivity index (χ2n) is 4.03. The lowest BCUT2D eigenvalue weighted by molar-refractivity contribution is 1.03. The monoisotopic (exact) mass is 314 g/mol. The number of hydrogen-bond donors (Lipinski definition) is 1. The van der Waals surface area contributed by atoms with E-state index < -0.39 is 0 Å². The van der Waals surface area contributed by atoms with Gasteiger partial charge in [0.25, 0.3) is 0 Å². The zero-order chi connectivity index (χ0) is 13.1. The van der Waals surface area contributed by atoms with Crippen molar-refractivity contribution in [2.45, 2.75) is 6.54 Å². The molecule has 1 N–H and O–H groups in total. The summed E-state index contributed by atoms with van der Waals surface area (Å²) in [6, 6.07) is 11.8. The third-order valence-corrected chi connectivity index (χ3v) is 3.42. The molecule has 5 heteroatoms. The number of nitrogens with zero attached hydrogens (tertiary/aromatic N) is 3. The van der Waals surface area contributed by atoms with Crippen LogP contribution in [0.25, 0.3) is 10.9 Å². The molecule has 0 fully saturated rings. The highest BCUT2D eigenvalue weighted by Crippen LogP contribution is 2.25. The van der Waals surface area contributed by atoms with Gasteiger partial charge in [0.1, 0.15) is 12.1 Å². The molecule has 0 unspecified atom stereocenters. The summed E-state index contributed by atoms with van der Waals surface area (Å²) < 4.78 is 0.966. The predicted octanol–water partition coefficient (Wildman–Crippen LogP) is 3.40. The molecule has 0 amide bonds. The van der Waals surface area contributed by atoms with Crippen LogP contribution >= 0.6 is 15.9 Å².